The molecule has 0 fully saturated rings. The molecule has 0 aliphatic heterocycles. The van der Waals surface area contributed by atoms with Crippen LogP contribution in [0.3, 0.4) is 0 Å². The summed E-state index contributed by atoms with van der Waals surface area (Å²) in [6.07, 6.45) is 2.13. The quantitative estimate of drug-likeness (QED) is 0.455. The largest absolute Gasteiger partial charge is 0.254 e. The first-order valence-electron chi connectivity index (χ1n) is 8.77. The third-order valence-corrected chi connectivity index (χ3v) is 4.18. The van der Waals surface area contributed by atoms with Crippen molar-refractivity contribution in [1.82, 2.24) is 0 Å². The predicted octanol–water partition coefficient (Wildman–Crippen LogP) is 6.78. The molecule has 0 heterocycles. The van der Waals surface area contributed by atoms with Crippen molar-refractivity contribution in [3.8, 4) is 11.1 Å². The highest BCUT2D eigenvalue weighted by Gasteiger charge is 2.04. The monoisotopic (exact) mass is 337 g/mol. The normalized spacial score (nSPS) is 12.1. The van der Waals surface area contributed by atoms with E-state index in [0.29, 0.717) is 0 Å². The Morgan fingerprint density at radius 3 is 1.81 bits per heavy atom. The third-order valence-electron chi connectivity index (χ3n) is 4.18. The van der Waals surface area contributed by atoms with Crippen LogP contribution in [0.1, 0.15) is 25.0 Å². The molecule has 0 aromatic heterocycles. The van der Waals surface area contributed by atoms with Gasteiger partial charge in [-0.15, -0.1) is 0 Å². The summed E-state index contributed by atoms with van der Waals surface area (Å²) in [5.74, 6) is 0. The molecule has 0 saturated carbocycles. The minimum atomic E-state index is 0.796. The highest BCUT2D eigenvalue weighted by atomic mass is 14.7. The molecule has 0 unspecified atom stereocenters. The van der Waals surface area contributed by atoms with Crippen LogP contribution in [0.15, 0.2) is 108 Å². The zero-order valence-corrected chi connectivity index (χ0v) is 15.3. The summed E-state index contributed by atoms with van der Waals surface area (Å²) in [4.78, 5) is 4.66. The van der Waals surface area contributed by atoms with E-state index in [1.165, 1.54) is 22.3 Å². The molecule has 0 aliphatic rings. The molecule has 128 valence electrons. The van der Waals surface area contributed by atoms with Crippen molar-refractivity contribution in [2.45, 2.75) is 13.8 Å². The first-order valence-corrected chi connectivity index (χ1v) is 8.77. The van der Waals surface area contributed by atoms with Crippen molar-refractivity contribution in [3.63, 3.8) is 0 Å². The van der Waals surface area contributed by atoms with Gasteiger partial charge in [0.25, 0.3) is 0 Å². The van der Waals surface area contributed by atoms with Gasteiger partial charge < -0.3 is 0 Å². The molecule has 0 saturated heterocycles. The molecule has 1 heteroatoms. The van der Waals surface area contributed by atoms with E-state index in [-0.39, 0.29) is 0 Å². The van der Waals surface area contributed by atoms with E-state index in [4.69, 9.17) is 0 Å². The molecular formula is C25H23N. The Morgan fingerprint density at radius 2 is 1.23 bits per heavy atom. The first-order chi connectivity index (χ1) is 12.6. The maximum atomic E-state index is 4.66. The minimum absolute atomic E-state index is 0.796. The van der Waals surface area contributed by atoms with Crippen LogP contribution in [0.25, 0.3) is 16.7 Å². The second-order valence-electron chi connectivity index (χ2n) is 6.37. The van der Waals surface area contributed by atoms with Gasteiger partial charge in [-0.05, 0) is 42.2 Å². The summed E-state index contributed by atoms with van der Waals surface area (Å²) in [6, 6.07) is 29.3. The van der Waals surface area contributed by atoms with Crippen LogP contribution in [0.4, 0.5) is 0 Å². The van der Waals surface area contributed by atoms with Gasteiger partial charge in [0.2, 0.25) is 0 Å². The van der Waals surface area contributed by atoms with Crippen molar-refractivity contribution in [2.24, 2.45) is 4.99 Å². The fraction of sp³-hybridized carbons (Fsp3) is 0.0800. The first kappa shape index (κ1) is 17.6. The molecule has 0 radical (unpaired) electrons. The van der Waals surface area contributed by atoms with E-state index in [9.17, 15) is 0 Å². The van der Waals surface area contributed by atoms with Crippen LogP contribution < -0.4 is 0 Å². The number of rotatable bonds is 5. The fourth-order valence-electron chi connectivity index (χ4n) is 2.84. The fourth-order valence-corrected chi connectivity index (χ4v) is 2.84. The molecule has 3 aromatic rings. The van der Waals surface area contributed by atoms with Crippen LogP contribution in [0.5, 0.6) is 0 Å². The molecule has 3 rings (SSSR count). The number of benzene rings is 3. The third kappa shape index (κ3) is 4.46. The summed E-state index contributed by atoms with van der Waals surface area (Å²) in [5, 5.41) is 0. The van der Waals surface area contributed by atoms with Gasteiger partial charge in [0.05, 0.1) is 5.71 Å². The average Bonchev–Trinajstić information content (AvgIpc) is 2.68. The van der Waals surface area contributed by atoms with Crippen molar-refractivity contribution in [1.29, 1.82) is 0 Å². The Hall–Kier alpha value is -3.19. The molecule has 0 aliphatic carbocycles. The lowest BCUT2D eigenvalue weighted by Crippen LogP contribution is -1.99. The molecule has 0 amide bonds. The topological polar surface area (TPSA) is 12.4 Å². The molecule has 0 bridgehead atoms. The van der Waals surface area contributed by atoms with Crippen molar-refractivity contribution in [3.05, 3.63) is 114 Å². The number of hydrogen-bond donors (Lipinski definition) is 0. The molecule has 1 nitrogen and oxygen atoms in total. The van der Waals surface area contributed by atoms with Crippen LogP contribution in [0.2, 0.25) is 0 Å². The molecular weight excluding hydrogens is 314 g/mol. The number of allylic oxidation sites excluding steroid dienone is 3. The second kappa shape index (κ2) is 8.26. The SMILES string of the molecule is C=C(C)N=C(/C=C(\C)c1ccccc1)c1ccc(-c2ccccc2)cc1. The van der Waals surface area contributed by atoms with E-state index in [0.717, 1.165) is 17.0 Å². The number of nitrogens with zero attached hydrogens (tertiary/aromatic N) is 1. The lowest BCUT2D eigenvalue weighted by atomic mass is 9.99. The van der Waals surface area contributed by atoms with Gasteiger partial charge in [-0.2, -0.15) is 0 Å². The van der Waals surface area contributed by atoms with E-state index < -0.39 is 0 Å². The summed E-state index contributed by atoms with van der Waals surface area (Å²) < 4.78 is 0. The Kier molecular flexibility index (Phi) is 5.60. The van der Waals surface area contributed by atoms with Crippen molar-refractivity contribution < 1.29 is 0 Å². The Labute approximate surface area is 156 Å². The van der Waals surface area contributed by atoms with Gasteiger partial charge in [-0.25, -0.2) is 0 Å². The average molecular weight is 337 g/mol. The summed E-state index contributed by atoms with van der Waals surface area (Å²) in [7, 11) is 0. The molecule has 0 N–H and O–H groups in total. The summed E-state index contributed by atoms with van der Waals surface area (Å²) in [6.45, 7) is 7.98. The van der Waals surface area contributed by atoms with E-state index >= 15 is 0 Å². The van der Waals surface area contributed by atoms with Gasteiger partial charge in [0.1, 0.15) is 0 Å². The van der Waals surface area contributed by atoms with Gasteiger partial charge >= 0.3 is 0 Å². The summed E-state index contributed by atoms with van der Waals surface area (Å²) in [5.41, 5.74) is 7.60. The smallest absolute Gasteiger partial charge is 0.0707 e. The minimum Gasteiger partial charge on any atom is -0.254 e. The molecule has 3 aromatic carbocycles. The predicted molar refractivity (Wildman–Crippen MR) is 113 cm³/mol. The van der Waals surface area contributed by atoms with E-state index in [1.807, 2.05) is 19.1 Å². The van der Waals surface area contributed by atoms with E-state index in [2.05, 4.69) is 97.4 Å². The second-order valence-corrected chi connectivity index (χ2v) is 6.37. The van der Waals surface area contributed by atoms with Gasteiger partial charge in [0, 0.05) is 11.3 Å². The maximum Gasteiger partial charge on any atom is 0.0707 e. The van der Waals surface area contributed by atoms with Gasteiger partial charge in [-0.1, -0.05) is 91.5 Å². The van der Waals surface area contributed by atoms with Crippen LogP contribution in [-0.2, 0) is 0 Å². The van der Waals surface area contributed by atoms with Crippen molar-refractivity contribution >= 4 is 11.3 Å². The Balaban J connectivity index is 1.95. The van der Waals surface area contributed by atoms with Gasteiger partial charge in [0.15, 0.2) is 0 Å². The number of hydrogen-bond acceptors (Lipinski definition) is 1. The Morgan fingerprint density at radius 1 is 0.692 bits per heavy atom. The molecule has 26 heavy (non-hydrogen) atoms. The molecule has 0 atom stereocenters. The van der Waals surface area contributed by atoms with Crippen LogP contribution in [-0.4, -0.2) is 5.71 Å². The van der Waals surface area contributed by atoms with E-state index in [1.54, 1.807) is 0 Å². The van der Waals surface area contributed by atoms with Crippen LogP contribution in [0, 0.1) is 0 Å². The highest BCUT2D eigenvalue weighted by molar-refractivity contribution is 6.12. The lowest BCUT2D eigenvalue weighted by Gasteiger charge is -2.08. The molecule has 0 spiro atoms. The Bertz CT molecular complexity index is 930. The zero-order valence-electron chi connectivity index (χ0n) is 15.3. The zero-order chi connectivity index (χ0) is 18.4. The maximum absolute atomic E-state index is 4.66. The standard InChI is InChI=1S/C25H23N/c1-19(2)26-25(18-20(3)21-10-6-4-7-11-21)24-16-14-23(15-17-24)22-12-8-5-9-13-22/h4-18H,1H2,2-3H3/b20-18+,26-25?. The van der Waals surface area contributed by atoms with Gasteiger partial charge in [-0.3, -0.25) is 4.99 Å². The number of aliphatic imine (C=N–C) groups is 1. The highest BCUT2D eigenvalue weighted by Crippen LogP contribution is 2.21. The lowest BCUT2D eigenvalue weighted by molar-refractivity contribution is 1.32. The van der Waals surface area contributed by atoms with Crippen molar-refractivity contribution in [2.75, 3.05) is 0 Å². The van der Waals surface area contributed by atoms with Crippen LogP contribution >= 0.6 is 0 Å². The summed E-state index contributed by atoms with van der Waals surface area (Å²) >= 11 is 0.